The van der Waals surface area contributed by atoms with Crippen LogP contribution in [0.5, 0.6) is 5.75 Å². The lowest BCUT2D eigenvalue weighted by molar-refractivity contribution is -0.386. The molecule has 0 bridgehead atoms. The summed E-state index contributed by atoms with van der Waals surface area (Å²) < 4.78 is 31.1. The molecule has 9 nitrogen and oxygen atoms in total. The van der Waals surface area contributed by atoms with Gasteiger partial charge in [0.2, 0.25) is 10.0 Å². The molecule has 1 atom stereocenters. The van der Waals surface area contributed by atoms with Gasteiger partial charge in [0.1, 0.15) is 6.04 Å². The maximum Gasteiger partial charge on any atom is 0.322 e. The molecule has 0 spiro atoms. The molecule has 1 N–H and O–H groups in total. The summed E-state index contributed by atoms with van der Waals surface area (Å²) in [6.45, 7) is 0.0686. The van der Waals surface area contributed by atoms with Crippen molar-refractivity contribution in [3.05, 3.63) is 28.3 Å². The molecular weight excluding hydrogens is 328 g/mol. The predicted molar refractivity (Wildman–Crippen MR) is 78.8 cm³/mol. The zero-order chi connectivity index (χ0) is 17.2. The number of benzene rings is 1. The van der Waals surface area contributed by atoms with Gasteiger partial charge in [0, 0.05) is 12.6 Å². The van der Waals surface area contributed by atoms with Gasteiger partial charge >= 0.3 is 11.7 Å². The summed E-state index contributed by atoms with van der Waals surface area (Å²) in [6, 6.07) is 2.09. The van der Waals surface area contributed by atoms with E-state index in [1.54, 1.807) is 0 Å². The molecule has 0 radical (unpaired) electrons. The van der Waals surface area contributed by atoms with E-state index in [2.05, 4.69) is 0 Å². The molecule has 0 unspecified atom stereocenters. The summed E-state index contributed by atoms with van der Waals surface area (Å²) in [4.78, 5) is 21.2. The summed E-state index contributed by atoms with van der Waals surface area (Å²) in [5, 5.41) is 20.2. The number of hydrogen-bond acceptors (Lipinski definition) is 6. The van der Waals surface area contributed by atoms with Crippen molar-refractivity contribution in [2.24, 2.45) is 0 Å². The first kappa shape index (κ1) is 17.2. The van der Waals surface area contributed by atoms with Crippen LogP contribution in [-0.2, 0) is 14.8 Å². The van der Waals surface area contributed by atoms with Gasteiger partial charge in [-0.2, -0.15) is 4.31 Å². The minimum atomic E-state index is -4.14. The van der Waals surface area contributed by atoms with Crippen molar-refractivity contribution in [1.29, 1.82) is 0 Å². The summed E-state index contributed by atoms with van der Waals surface area (Å²) in [7, 11) is -2.91. The molecule has 0 aromatic heterocycles. The highest BCUT2D eigenvalue weighted by molar-refractivity contribution is 7.89. The number of methoxy groups -OCH3 is 1. The molecule has 1 saturated heterocycles. The smallest absolute Gasteiger partial charge is 0.322 e. The number of nitro benzene ring substituents is 1. The minimum Gasteiger partial charge on any atom is -0.490 e. The number of ether oxygens (including phenoxy) is 1. The number of sulfonamides is 1. The van der Waals surface area contributed by atoms with Crippen LogP contribution in [0.4, 0.5) is 5.69 Å². The highest BCUT2D eigenvalue weighted by Crippen LogP contribution is 2.32. The van der Waals surface area contributed by atoms with Crippen molar-refractivity contribution < 1.29 is 28.0 Å². The van der Waals surface area contributed by atoms with Gasteiger partial charge in [-0.15, -0.1) is 0 Å². The molecule has 126 valence electrons. The number of carbonyl (C=O) groups is 1. The maximum absolute atomic E-state index is 12.7. The second-order valence-electron chi connectivity index (χ2n) is 5.06. The second-order valence-corrected chi connectivity index (χ2v) is 6.95. The zero-order valence-corrected chi connectivity index (χ0v) is 13.2. The first-order valence-corrected chi connectivity index (χ1v) is 8.30. The van der Waals surface area contributed by atoms with E-state index in [1.807, 2.05) is 0 Å². The third-order valence-electron chi connectivity index (χ3n) is 3.69. The third-order valence-corrected chi connectivity index (χ3v) is 5.60. The third kappa shape index (κ3) is 3.27. The molecule has 10 heteroatoms. The lowest BCUT2D eigenvalue weighted by atomic mass is 10.1. The van der Waals surface area contributed by atoms with E-state index in [1.165, 1.54) is 19.2 Å². The van der Waals surface area contributed by atoms with Crippen molar-refractivity contribution >= 4 is 21.7 Å². The monoisotopic (exact) mass is 344 g/mol. The largest absolute Gasteiger partial charge is 0.490 e. The number of hydrogen-bond donors (Lipinski definition) is 1. The standard InChI is InChI=1S/C13H16N2O7S/c1-22-12-6-5-9(8-11(12)15(18)19)23(20,21)14-7-3-2-4-10(14)13(16)17/h5-6,8,10H,2-4,7H2,1H3,(H,16,17)/t10-/m1/s1. The van der Waals surface area contributed by atoms with Crippen LogP contribution in [0.1, 0.15) is 19.3 Å². The normalized spacial score (nSPS) is 19.3. The van der Waals surface area contributed by atoms with E-state index < -0.39 is 32.6 Å². The Morgan fingerprint density at radius 1 is 1.43 bits per heavy atom. The Bertz CT molecular complexity index is 732. The zero-order valence-electron chi connectivity index (χ0n) is 12.3. The van der Waals surface area contributed by atoms with Crippen molar-refractivity contribution in [1.82, 2.24) is 4.31 Å². The molecule has 23 heavy (non-hydrogen) atoms. The number of aliphatic carboxylic acids is 1. The Kier molecular flexibility index (Phi) is 4.85. The van der Waals surface area contributed by atoms with Gasteiger partial charge in [-0.25, -0.2) is 8.42 Å². The van der Waals surface area contributed by atoms with Crippen molar-refractivity contribution in [2.45, 2.75) is 30.2 Å². The summed E-state index contributed by atoms with van der Waals surface area (Å²) in [5.41, 5.74) is -0.488. The SMILES string of the molecule is COc1ccc(S(=O)(=O)N2CCCC[C@@H]2C(=O)O)cc1[N+](=O)[O-]. The van der Waals surface area contributed by atoms with Crippen LogP contribution in [0.3, 0.4) is 0 Å². The molecule has 1 heterocycles. The average molecular weight is 344 g/mol. The van der Waals surface area contributed by atoms with Crippen LogP contribution >= 0.6 is 0 Å². The van der Waals surface area contributed by atoms with Gasteiger partial charge in [-0.3, -0.25) is 14.9 Å². The first-order chi connectivity index (χ1) is 10.8. The fourth-order valence-electron chi connectivity index (χ4n) is 2.55. The molecule has 0 aliphatic carbocycles. The number of nitro groups is 1. The van der Waals surface area contributed by atoms with Gasteiger partial charge < -0.3 is 9.84 Å². The Morgan fingerprint density at radius 2 is 2.13 bits per heavy atom. The van der Waals surface area contributed by atoms with E-state index in [4.69, 9.17) is 4.74 Å². The van der Waals surface area contributed by atoms with Gasteiger partial charge in [0.25, 0.3) is 0 Å². The van der Waals surface area contributed by atoms with Gasteiger partial charge in [0.05, 0.1) is 16.9 Å². The molecular formula is C13H16N2O7S. The number of rotatable bonds is 5. The maximum atomic E-state index is 12.7. The Balaban J connectivity index is 2.48. The molecule has 0 amide bonds. The van der Waals surface area contributed by atoms with Crippen molar-refractivity contribution in [2.75, 3.05) is 13.7 Å². The van der Waals surface area contributed by atoms with E-state index in [0.29, 0.717) is 12.8 Å². The van der Waals surface area contributed by atoms with Gasteiger partial charge in [0.15, 0.2) is 5.75 Å². The van der Waals surface area contributed by atoms with E-state index in [0.717, 1.165) is 10.4 Å². The fourth-order valence-corrected chi connectivity index (χ4v) is 4.22. The van der Waals surface area contributed by atoms with Crippen molar-refractivity contribution in [3.8, 4) is 5.75 Å². The van der Waals surface area contributed by atoms with Crippen LogP contribution in [0.15, 0.2) is 23.1 Å². The number of carboxylic acids is 1. The lowest BCUT2D eigenvalue weighted by Crippen LogP contribution is -2.47. The fraction of sp³-hybridized carbons (Fsp3) is 0.462. The highest BCUT2D eigenvalue weighted by atomic mass is 32.2. The first-order valence-electron chi connectivity index (χ1n) is 6.86. The molecule has 2 rings (SSSR count). The summed E-state index contributed by atoms with van der Waals surface area (Å²) in [6.07, 6.45) is 1.37. The number of piperidine rings is 1. The van der Waals surface area contributed by atoms with E-state index >= 15 is 0 Å². The molecule has 1 aromatic rings. The van der Waals surface area contributed by atoms with Crippen LogP contribution in [0, 0.1) is 10.1 Å². The molecule has 0 saturated carbocycles. The van der Waals surface area contributed by atoms with Crippen LogP contribution in [0.25, 0.3) is 0 Å². The predicted octanol–water partition coefficient (Wildman–Crippen LogP) is 1.23. The van der Waals surface area contributed by atoms with Gasteiger partial charge in [-0.1, -0.05) is 0 Å². The minimum absolute atomic E-state index is 0.0672. The Hall–Kier alpha value is -2.20. The molecule has 1 aliphatic rings. The van der Waals surface area contributed by atoms with Crippen LogP contribution in [-0.4, -0.2) is 48.4 Å². The average Bonchev–Trinajstić information content (AvgIpc) is 2.54. The van der Waals surface area contributed by atoms with E-state index in [9.17, 15) is 28.4 Å². The Labute approximate surface area is 132 Å². The van der Waals surface area contributed by atoms with Crippen LogP contribution < -0.4 is 4.74 Å². The number of nitrogens with zero attached hydrogens (tertiary/aromatic N) is 2. The molecule has 1 aromatic carbocycles. The van der Waals surface area contributed by atoms with Gasteiger partial charge in [-0.05, 0) is 31.4 Å². The summed E-state index contributed by atoms with van der Waals surface area (Å²) in [5.74, 6) is -1.29. The summed E-state index contributed by atoms with van der Waals surface area (Å²) >= 11 is 0. The Morgan fingerprint density at radius 3 is 2.70 bits per heavy atom. The topological polar surface area (TPSA) is 127 Å². The quantitative estimate of drug-likeness (QED) is 0.628. The van der Waals surface area contributed by atoms with Crippen molar-refractivity contribution in [3.63, 3.8) is 0 Å². The van der Waals surface area contributed by atoms with E-state index in [-0.39, 0.29) is 23.6 Å². The highest BCUT2D eigenvalue weighted by Gasteiger charge is 2.38. The lowest BCUT2D eigenvalue weighted by Gasteiger charge is -2.31. The molecule has 1 fully saturated rings. The van der Waals surface area contributed by atoms with Crippen LogP contribution in [0.2, 0.25) is 0 Å². The number of carboxylic acid groups (broad SMARTS) is 1. The molecule has 1 aliphatic heterocycles. The second kappa shape index (κ2) is 6.50.